The Labute approximate surface area is 317 Å². The average molecular weight is 749 g/mol. The molecule has 2 saturated carbocycles. The number of nitrogens with two attached hydrogens (primary N) is 1. The van der Waals surface area contributed by atoms with E-state index in [0.717, 1.165) is 56.9 Å². The van der Waals surface area contributed by atoms with Crippen LogP contribution in [0.25, 0.3) is 0 Å². The number of carbonyl (C=O) groups excluding carboxylic acids is 2. The maximum Gasteiger partial charge on any atom is 0.306 e. The van der Waals surface area contributed by atoms with E-state index in [0.29, 0.717) is 12.5 Å². The van der Waals surface area contributed by atoms with Gasteiger partial charge in [-0.15, -0.1) is 0 Å². The molecule has 5 fully saturated rings. The Morgan fingerprint density at radius 1 is 0.830 bits per heavy atom. The lowest BCUT2D eigenvalue weighted by Gasteiger charge is -2.44. The number of nitrogens with zero attached hydrogens (tertiary/aromatic N) is 1. The van der Waals surface area contributed by atoms with Gasteiger partial charge in [-0.3, -0.25) is 9.59 Å². The molecule has 3 aliphatic carbocycles. The molecule has 2 N–H and O–H groups in total. The Morgan fingerprint density at radius 2 is 1.55 bits per heavy atom. The fourth-order valence-electron chi connectivity index (χ4n) is 11.0. The highest BCUT2D eigenvalue weighted by atomic mass is 16.7. The molecule has 4 unspecified atom stereocenters. The van der Waals surface area contributed by atoms with Crippen LogP contribution in [0.1, 0.15) is 91.9 Å². The van der Waals surface area contributed by atoms with Crippen LogP contribution in [-0.2, 0) is 47.5 Å². The molecule has 0 aromatic rings. The van der Waals surface area contributed by atoms with Crippen molar-refractivity contribution < 1.29 is 47.5 Å². The fraction of sp³-hybridized carbons (Fsp3) is 0.902. The molecule has 12 heteroatoms. The van der Waals surface area contributed by atoms with Gasteiger partial charge in [0.25, 0.3) is 0 Å². The summed E-state index contributed by atoms with van der Waals surface area (Å²) in [5.74, 6) is -0.134. The van der Waals surface area contributed by atoms with Crippen molar-refractivity contribution in [2.45, 2.75) is 165 Å². The van der Waals surface area contributed by atoms with E-state index in [9.17, 15) is 9.59 Å². The van der Waals surface area contributed by atoms with Gasteiger partial charge in [-0.1, -0.05) is 19.9 Å². The molecule has 302 valence electrons. The normalized spacial score (nSPS) is 46.8. The third-order valence-corrected chi connectivity index (χ3v) is 13.9. The molecule has 12 nitrogen and oxygen atoms in total. The zero-order valence-electron chi connectivity index (χ0n) is 33.6. The monoisotopic (exact) mass is 748 g/mol. The number of allylic oxidation sites excluding steroid dienone is 2. The van der Waals surface area contributed by atoms with Crippen LogP contribution in [0, 0.1) is 35.5 Å². The molecule has 18 atom stereocenters. The Kier molecular flexibility index (Phi) is 13.8. The van der Waals surface area contributed by atoms with Crippen LogP contribution in [-0.4, -0.2) is 126 Å². The quantitative estimate of drug-likeness (QED) is 0.329. The Bertz CT molecular complexity index is 1280. The van der Waals surface area contributed by atoms with Crippen LogP contribution in [0.2, 0.25) is 0 Å². The van der Waals surface area contributed by atoms with Crippen molar-refractivity contribution in [1.29, 1.82) is 0 Å². The van der Waals surface area contributed by atoms with E-state index in [1.807, 2.05) is 13.8 Å². The van der Waals surface area contributed by atoms with E-state index in [4.69, 9.17) is 43.6 Å². The molecule has 0 spiro atoms. The number of cyclic esters (lactones) is 1. The number of esters is 1. The number of Topliss-reactive ketones (excluding diaryl/α,β-unsaturated/α-hetero) is 1. The van der Waals surface area contributed by atoms with Crippen molar-refractivity contribution >= 4 is 11.8 Å². The number of ketones is 1. The van der Waals surface area contributed by atoms with Gasteiger partial charge < -0.3 is 48.5 Å². The summed E-state index contributed by atoms with van der Waals surface area (Å²) in [7, 11) is 9.13. The van der Waals surface area contributed by atoms with Crippen molar-refractivity contribution in [3.8, 4) is 0 Å². The van der Waals surface area contributed by atoms with Crippen molar-refractivity contribution in [3.05, 3.63) is 11.6 Å². The predicted octanol–water partition coefficient (Wildman–Crippen LogP) is 4.65. The first-order chi connectivity index (χ1) is 25.4. The lowest BCUT2D eigenvalue weighted by Crippen LogP contribution is -2.59. The Morgan fingerprint density at radius 3 is 2.21 bits per heavy atom. The Balaban J connectivity index is 1.22. The lowest BCUT2D eigenvalue weighted by molar-refractivity contribution is -0.314. The summed E-state index contributed by atoms with van der Waals surface area (Å²) in [6, 6.07) is 0.261. The maximum atomic E-state index is 14.7. The summed E-state index contributed by atoms with van der Waals surface area (Å²) in [6.07, 6.45) is 6.66. The van der Waals surface area contributed by atoms with Crippen molar-refractivity contribution in [2.75, 3.05) is 35.4 Å². The number of likely N-dealkylation sites (N-methyl/N-ethyl adjacent to an activating group) is 1. The van der Waals surface area contributed by atoms with Gasteiger partial charge in [0.2, 0.25) is 0 Å². The second-order valence-corrected chi connectivity index (χ2v) is 17.1. The SMILES string of the molecule is CC[C@H]1CCC[C@H](O[C@H]2CC[C@H](N(C)C)C(C)O2)[C@@H](C)C(=O)C2=C[C@@H]3[C@@H](C[C@@H](N)[C@@H]4C[C@@H](O[C@@H]5OC(C)[C@H](OC)C(OC)C5OC)C[C@@H]34)[C@@H]2CC(=O)O1. The van der Waals surface area contributed by atoms with Crippen molar-refractivity contribution in [2.24, 2.45) is 41.2 Å². The number of carbonyl (C=O) groups is 2. The van der Waals surface area contributed by atoms with Crippen LogP contribution in [0.3, 0.4) is 0 Å². The van der Waals surface area contributed by atoms with Gasteiger partial charge in [0.1, 0.15) is 24.4 Å². The van der Waals surface area contributed by atoms with Crippen molar-refractivity contribution in [3.63, 3.8) is 0 Å². The van der Waals surface area contributed by atoms with E-state index in [2.05, 4.69) is 38.9 Å². The summed E-state index contributed by atoms with van der Waals surface area (Å²) in [6.45, 7) is 8.15. The zero-order chi connectivity index (χ0) is 38.1. The first-order valence-electron chi connectivity index (χ1n) is 20.5. The lowest BCUT2D eigenvalue weighted by atomic mass is 9.64. The summed E-state index contributed by atoms with van der Waals surface area (Å²) in [5, 5.41) is 0. The zero-order valence-corrected chi connectivity index (χ0v) is 33.6. The topological polar surface area (TPSA) is 137 Å². The standard InChI is InChI=1S/C41H68N2O10/c1-10-24-12-11-13-34(53-36-15-14-33(43(5)6)22(3)49-36)21(2)37(45)31-18-27-26-16-25(17-30(26)32(42)19-28(27)29(31)20-35(44)51-24)52-41-40(48-9)39(47-8)38(46-7)23(4)50-41/h18,21-30,32-34,36,38-41H,10-17,19-20,42H2,1-9H3/t21-,22?,23?,24+,25+,26+,27+,28-,29+,30-,32-,33+,34+,36+,38+,39?,40?,41+/m1/s1. The number of hydrogen-bond acceptors (Lipinski definition) is 12. The summed E-state index contributed by atoms with van der Waals surface area (Å²) in [5.41, 5.74) is 7.77. The number of ether oxygens (including phenoxy) is 8. The van der Waals surface area contributed by atoms with E-state index in [1.165, 1.54) is 0 Å². The highest BCUT2D eigenvalue weighted by Gasteiger charge is 2.56. The molecule has 3 saturated heterocycles. The van der Waals surface area contributed by atoms with Gasteiger partial charge in [0.15, 0.2) is 18.4 Å². The minimum Gasteiger partial charge on any atom is -0.462 e. The van der Waals surface area contributed by atoms with Gasteiger partial charge in [-0.05, 0) is 115 Å². The fourth-order valence-corrected chi connectivity index (χ4v) is 11.0. The number of hydrogen-bond donors (Lipinski definition) is 1. The Hall–Kier alpha value is -1.48. The smallest absolute Gasteiger partial charge is 0.306 e. The van der Waals surface area contributed by atoms with Crippen molar-refractivity contribution in [1.82, 2.24) is 4.90 Å². The molecule has 0 aromatic heterocycles. The second kappa shape index (κ2) is 17.8. The largest absolute Gasteiger partial charge is 0.462 e. The van der Waals surface area contributed by atoms with Crippen LogP contribution in [0.5, 0.6) is 0 Å². The highest BCUT2D eigenvalue weighted by Crippen LogP contribution is 2.56. The molecular weight excluding hydrogens is 680 g/mol. The molecular formula is C41H68N2O10. The summed E-state index contributed by atoms with van der Waals surface area (Å²) in [4.78, 5) is 30.5. The third-order valence-electron chi connectivity index (χ3n) is 13.9. The first kappa shape index (κ1) is 41.2. The summed E-state index contributed by atoms with van der Waals surface area (Å²) >= 11 is 0. The molecule has 53 heavy (non-hydrogen) atoms. The number of fused-ring (bicyclic) bond motifs is 5. The second-order valence-electron chi connectivity index (χ2n) is 17.1. The van der Waals surface area contributed by atoms with E-state index in [-0.39, 0.29) is 109 Å². The predicted molar refractivity (Wildman–Crippen MR) is 198 cm³/mol. The van der Waals surface area contributed by atoms with Gasteiger partial charge in [-0.2, -0.15) is 0 Å². The molecule has 3 heterocycles. The first-order valence-corrected chi connectivity index (χ1v) is 20.5. The molecule has 6 aliphatic rings. The van der Waals surface area contributed by atoms with E-state index >= 15 is 0 Å². The van der Waals surface area contributed by atoms with Crippen LogP contribution < -0.4 is 5.73 Å². The number of rotatable bonds is 9. The van der Waals surface area contributed by atoms with E-state index in [1.54, 1.807) is 21.3 Å². The summed E-state index contributed by atoms with van der Waals surface area (Å²) < 4.78 is 49.7. The molecule has 0 radical (unpaired) electrons. The van der Waals surface area contributed by atoms with Crippen LogP contribution >= 0.6 is 0 Å². The van der Waals surface area contributed by atoms with Gasteiger partial charge in [-0.25, -0.2) is 0 Å². The number of methoxy groups -OCH3 is 3. The highest BCUT2D eigenvalue weighted by molar-refractivity contribution is 5.99. The van der Waals surface area contributed by atoms with E-state index < -0.39 is 12.4 Å². The minimum atomic E-state index is -0.619. The maximum absolute atomic E-state index is 14.7. The van der Waals surface area contributed by atoms with Crippen LogP contribution in [0.4, 0.5) is 0 Å². The van der Waals surface area contributed by atoms with Gasteiger partial charge >= 0.3 is 5.97 Å². The van der Waals surface area contributed by atoms with Gasteiger partial charge in [0, 0.05) is 45.2 Å². The average Bonchev–Trinajstić information content (AvgIpc) is 3.71. The molecule has 6 rings (SSSR count). The van der Waals surface area contributed by atoms with Crippen LogP contribution in [0.15, 0.2) is 11.6 Å². The third kappa shape index (κ3) is 8.61. The molecule has 0 aromatic carbocycles. The molecule has 3 aliphatic heterocycles. The minimum absolute atomic E-state index is 0.0310. The molecule has 0 amide bonds. The molecule has 0 bridgehead atoms. The van der Waals surface area contributed by atoms with Gasteiger partial charge in [0.05, 0.1) is 30.8 Å².